The maximum Gasteiger partial charge on any atom is 0.306 e. The second-order valence-electron chi connectivity index (χ2n) is 19.2. The zero-order valence-corrected chi connectivity index (χ0v) is 41.5. The summed E-state index contributed by atoms with van der Waals surface area (Å²) in [4.78, 5) is 37.1. The fourth-order valence-corrected chi connectivity index (χ4v) is 7.65. The Hall–Kier alpha value is -1.97. The standard InChI is InChI=1S/C53H101NO8/c1-6-8-10-12-14-16-18-20-22-23-24-25-26-27-28-30-31-33-35-37-39-41-43-50(55)60-47-49(48-61-53(52(57)58)59-46-45-54(3,4)5)62-51(56)44-42-40-38-36-34-32-29-21-19-17-15-13-11-9-7-2/h21,29,49,53H,6-20,22-28,30-48H2,1-5H3/b29-21-. The highest BCUT2D eigenvalue weighted by Crippen LogP contribution is 2.17. The molecule has 0 saturated carbocycles. The first kappa shape index (κ1) is 60.0. The van der Waals surface area contributed by atoms with Gasteiger partial charge in [0.15, 0.2) is 12.4 Å². The van der Waals surface area contributed by atoms with Gasteiger partial charge in [-0.15, -0.1) is 0 Å². The van der Waals surface area contributed by atoms with Crippen molar-refractivity contribution in [2.45, 2.75) is 264 Å². The van der Waals surface area contributed by atoms with E-state index in [-0.39, 0.29) is 32.2 Å². The van der Waals surface area contributed by atoms with Gasteiger partial charge in [0, 0.05) is 12.8 Å². The molecule has 0 spiro atoms. The maximum atomic E-state index is 12.8. The van der Waals surface area contributed by atoms with Crippen LogP contribution in [0.5, 0.6) is 0 Å². The predicted octanol–water partition coefficient (Wildman–Crippen LogP) is 13.3. The number of rotatable bonds is 49. The van der Waals surface area contributed by atoms with E-state index in [1.807, 2.05) is 21.1 Å². The molecule has 0 N–H and O–H groups in total. The topological polar surface area (TPSA) is 111 Å². The Morgan fingerprint density at radius 3 is 1.19 bits per heavy atom. The summed E-state index contributed by atoms with van der Waals surface area (Å²) in [7, 11) is 5.92. The quantitative estimate of drug-likeness (QED) is 0.0195. The first-order chi connectivity index (χ1) is 30.1. The molecule has 0 aromatic rings. The van der Waals surface area contributed by atoms with E-state index in [2.05, 4.69) is 26.0 Å². The molecule has 0 fully saturated rings. The van der Waals surface area contributed by atoms with Crippen LogP contribution < -0.4 is 5.11 Å². The molecule has 62 heavy (non-hydrogen) atoms. The molecule has 9 nitrogen and oxygen atoms in total. The highest BCUT2D eigenvalue weighted by molar-refractivity contribution is 5.70. The van der Waals surface area contributed by atoms with E-state index in [0.717, 1.165) is 51.4 Å². The smallest absolute Gasteiger partial charge is 0.306 e. The molecular formula is C53H101NO8. The van der Waals surface area contributed by atoms with Crippen LogP contribution in [0, 0.1) is 0 Å². The van der Waals surface area contributed by atoms with Gasteiger partial charge in [-0.25, -0.2) is 0 Å². The number of quaternary nitrogens is 1. The third-order valence-electron chi connectivity index (χ3n) is 11.8. The van der Waals surface area contributed by atoms with Gasteiger partial charge in [0.05, 0.1) is 40.3 Å². The van der Waals surface area contributed by atoms with Crippen LogP contribution in [0.25, 0.3) is 0 Å². The van der Waals surface area contributed by atoms with Gasteiger partial charge in [-0.2, -0.15) is 0 Å². The first-order valence-electron chi connectivity index (χ1n) is 26.3. The van der Waals surface area contributed by atoms with E-state index in [9.17, 15) is 19.5 Å². The van der Waals surface area contributed by atoms with Gasteiger partial charge >= 0.3 is 11.9 Å². The number of carboxylic acids is 1. The number of nitrogens with zero attached hydrogens (tertiary/aromatic N) is 1. The van der Waals surface area contributed by atoms with E-state index in [1.165, 1.54) is 167 Å². The number of carbonyl (C=O) groups is 3. The lowest BCUT2D eigenvalue weighted by Crippen LogP contribution is -2.44. The number of hydrogen-bond acceptors (Lipinski definition) is 8. The Kier molecular flexibility index (Phi) is 44.1. The van der Waals surface area contributed by atoms with Crippen molar-refractivity contribution in [1.82, 2.24) is 0 Å². The van der Waals surface area contributed by atoms with Crippen molar-refractivity contribution in [1.29, 1.82) is 0 Å². The summed E-state index contributed by atoms with van der Waals surface area (Å²) in [5.74, 6) is -2.28. The summed E-state index contributed by atoms with van der Waals surface area (Å²) in [6.45, 7) is 4.77. The van der Waals surface area contributed by atoms with Gasteiger partial charge in [-0.05, 0) is 38.5 Å². The molecule has 0 heterocycles. The molecule has 0 aliphatic rings. The number of allylic oxidation sites excluding steroid dienone is 2. The fraction of sp³-hybridized carbons (Fsp3) is 0.906. The van der Waals surface area contributed by atoms with Crippen molar-refractivity contribution in [3.05, 3.63) is 12.2 Å². The SMILES string of the molecule is CCCCCCCC/C=C\CCCCCCCC(=O)OC(COC(=O)CCCCCCCCCCCCCCCCCCCCCCCC)COC(OCC[N+](C)(C)C)C(=O)[O-]. The van der Waals surface area contributed by atoms with E-state index >= 15 is 0 Å². The Balaban J connectivity index is 4.25. The third kappa shape index (κ3) is 46.0. The van der Waals surface area contributed by atoms with Crippen molar-refractivity contribution in [3.63, 3.8) is 0 Å². The summed E-state index contributed by atoms with van der Waals surface area (Å²) in [6.07, 6.45) is 46.8. The van der Waals surface area contributed by atoms with Crippen molar-refractivity contribution >= 4 is 17.9 Å². The molecule has 2 atom stereocenters. The van der Waals surface area contributed by atoms with Gasteiger partial charge in [-0.3, -0.25) is 9.59 Å². The molecule has 9 heteroatoms. The van der Waals surface area contributed by atoms with Gasteiger partial charge in [0.2, 0.25) is 0 Å². The van der Waals surface area contributed by atoms with E-state index in [1.54, 1.807) is 0 Å². The van der Waals surface area contributed by atoms with E-state index in [0.29, 0.717) is 23.9 Å². The van der Waals surface area contributed by atoms with Crippen LogP contribution in [0.2, 0.25) is 0 Å². The van der Waals surface area contributed by atoms with E-state index < -0.39 is 24.3 Å². The van der Waals surface area contributed by atoms with Crippen LogP contribution >= 0.6 is 0 Å². The highest BCUT2D eigenvalue weighted by Gasteiger charge is 2.22. The number of aliphatic carboxylic acids is 1. The lowest BCUT2D eigenvalue weighted by Gasteiger charge is -2.26. The van der Waals surface area contributed by atoms with Crippen molar-refractivity contribution in [2.75, 3.05) is 47.5 Å². The molecule has 366 valence electrons. The monoisotopic (exact) mass is 880 g/mol. The summed E-state index contributed by atoms with van der Waals surface area (Å²) >= 11 is 0. The predicted molar refractivity (Wildman–Crippen MR) is 256 cm³/mol. The Morgan fingerprint density at radius 2 is 0.823 bits per heavy atom. The van der Waals surface area contributed by atoms with Crippen molar-refractivity contribution in [3.8, 4) is 0 Å². The lowest BCUT2D eigenvalue weighted by atomic mass is 10.0. The second kappa shape index (κ2) is 45.6. The Morgan fingerprint density at radius 1 is 0.468 bits per heavy atom. The second-order valence-corrected chi connectivity index (χ2v) is 19.2. The molecule has 0 aromatic heterocycles. The number of unbranched alkanes of at least 4 members (excludes halogenated alkanes) is 32. The van der Waals surface area contributed by atoms with Crippen LogP contribution in [0.15, 0.2) is 12.2 Å². The average Bonchev–Trinajstić information content (AvgIpc) is 3.23. The zero-order chi connectivity index (χ0) is 45.6. The van der Waals surface area contributed by atoms with Crippen LogP contribution in [0.1, 0.15) is 251 Å². The molecular weight excluding hydrogens is 779 g/mol. The van der Waals surface area contributed by atoms with Gasteiger partial charge in [0.1, 0.15) is 13.2 Å². The first-order valence-corrected chi connectivity index (χ1v) is 26.3. The number of carboxylic acid groups (broad SMARTS) is 1. The highest BCUT2D eigenvalue weighted by atomic mass is 16.7. The largest absolute Gasteiger partial charge is 0.545 e. The van der Waals surface area contributed by atoms with Gasteiger partial charge in [-0.1, -0.05) is 212 Å². The van der Waals surface area contributed by atoms with Crippen LogP contribution in [0.3, 0.4) is 0 Å². The molecule has 0 amide bonds. The molecule has 0 aliphatic carbocycles. The Bertz CT molecular complexity index is 1030. The number of ether oxygens (including phenoxy) is 4. The minimum atomic E-state index is -1.62. The van der Waals surface area contributed by atoms with Gasteiger partial charge in [0.25, 0.3) is 0 Å². The van der Waals surface area contributed by atoms with Crippen LogP contribution in [-0.2, 0) is 33.3 Å². The minimum Gasteiger partial charge on any atom is -0.545 e. The summed E-state index contributed by atoms with van der Waals surface area (Å²) in [5.41, 5.74) is 0. The summed E-state index contributed by atoms with van der Waals surface area (Å²) in [6, 6.07) is 0. The molecule has 0 radical (unpaired) electrons. The molecule has 0 rings (SSSR count). The maximum absolute atomic E-state index is 12.8. The number of hydrogen-bond donors (Lipinski definition) is 0. The number of esters is 2. The van der Waals surface area contributed by atoms with Crippen molar-refractivity contribution in [2.24, 2.45) is 0 Å². The molecule has 0 aliphatic heterocycles. The molecule has 0 saturated heterocycles. The van der Waals surface area contributed by atoms with Crippen molar-refractivity contribution < 1.29 is 42.9 Å². The minimum absolute atomic E-state index is 0.149. The number of likely N-dealkylation sites (N-methyl/N-ethyl adjacent to an activating group) is 1. The fourth-order valence-electron chi connectivity index (χ4n) is 7.65. The number of carbonyl (C=O) groups excluding carboxylic acids is 3. The molecule has 2 unspecified atom stereocenters. The average molecular weight is 880 g/mol. The molecule has 0 bridgehead atoms. The van der Waals surface area contributed by atoms with Crippen LogP contribution in [0.4, 0.5) is 0 Å². The third-order valence-corrected chi connectivity index (χ3v) is 11.8. The summed E-state index contributed by atoms with van der Waals surface area (Å²) in [5, 5.41) is 11.7. The normalized spacial score (nSPS) is 12.9. The summed E-state index contributed by atoms with van der Waals surface area (Å²) < 4.78 is 22.6. The Labute approximate surface area is 383 Å². The zero-order valence-electron chi connectivity index (χ0n) is 41.5. The van der Waals surface area contributed by atoms with Gasteiger partial charge < -0.3 is 33.3 Å². The molecule has 0 aromatic carbocycles. The van der Waals surface area contributed by atoms with E-state index in [4.69, 9.17) is 18.9 Å². The van der Waals surface area contributed by atoms with Crippen LogP contribution in [-0.4, -0.2) is 82.3 Å². The lowest BCUT2D eigenvalue weighted by molar-refractivity contribution is -0.870.